The van der Waals surface area contributed by atoms with E-state index in [2.05, 4.69) is 13.8 Å². The Morgan fingerprint density at radius 2 is 1.64 bits per heavy atom. The molecule has 1 aromatic heterocycles. The van der Waals surface area contributed by atoms with Gasteiger partial charge in [-0.25, -0.2) is 4.39 Å². The van der Waals surface area contributed by atoms with Gasteiger partial charge in [0.15, 0.2) is 0 Å². The molecule has 0 spiro atoms. The molecule has 1 unspecified atom stereocenters. The lowest BCUT2D eigenvalue weighted by Crippen LogP contribution is -2.13. The van der Waals surface area contributed by atoms with Crippen molar-refractivity contribution in [3.8, 4) is 16.9 Å². The maximum absolute atomic E-state index is 13.5. The van der Waals surface area contributed by atoms with Gasteiger partial charge in [-0.05, 0) is 48.4 Å². The quantitative estimate of drug-likeness (QED) is 0.757. The number of halogens is 1. The minimum atomic E-state index is -0.740. The molecule has 3 nitrogen and oxygen atoms in total. The molecule has 0 bridgehead atoms. The first kappa shape index (κ1) is 19.4. The van der Waals surface area contributed by atoms with Gasteiger partial charge in [0.1, 0.15) is 11.6 Å². The van der Waals surface area contributed by atoms with Crippen LogP contribution in [0.3, 0.4) is 0 Å². The van der Waals surface area contributed by atoms with Gasteiger partial charge in [0, 0.05) is 28.6 Å². The van der Waals surface area contributed by atoms with Crippen molar-refractivity contribution < 1.29 is 14.6 Å². The number of nitrogens with zero attached hydrogens (tertiary/aromatic N) is 1. The predicted molar refractivity (Wildman–Crippen MR) is 99.5 cm³/mol. The fourth-order valence-electron chi connectivity index (χ4n) is 3.40. The largest absolute Gasteiger partial charge is 0.507 e. The number of aromatic nitrogens is 1. The fraction of sp³-hybridized carbons (Fsp3) is 0.476. The average molecular weight is 345 g/mol. The van der Waals surface area contributed by atoms with Gasteiger partial charge in [-0.15, -0.1) is 0 Å². The van der Waals surface area contributed by atoms with Crippen molar-refractivity contribution in [1.82, 2.24) is 4.98 Å². The number of phenolic OH excluding ortho intramolecular Hbond substituents is 1. The maximum Gasteiger partial charge on any atom is 0.126 e. The molecular formula is C21H28FNO2. The summed E-state index contributed by atoms with van der Waals surface area (Å²) >= 11 is 0. The Hall–Kier alpha value is -1.94. The van der Waals surface area contributed by atoms with Crippen LogP contribution in [0.25, 0.3) is 11.1 Å². The third-order valence-corrected chi connectivity index (χ3v) is 4.49. The van der Waals surface area contributed by atoms with Gasteiger partial charge >= 0.3 is 0 Å². The van der Waals surface area contributed by atoms with Crippen LogP contribution < -0.4 is 0 Å². The zero-order valence-electron chi connectivity index (χ0n) is 15.9. The number of rotatable bonds is 5. The minimum Gasteiger partial charge on any atom is -0.507 e. The monoisotopic (exact) mass is 345 g/mol. The topological polar surface area (TPSA) is 53.4 Å². The van der Waals surface area contributed by atoms with Gasteiger partial charge in [0.05, 0.1) is 6.10 Å². The molecule has 0 aliphatic carbocycles. The SMILES string of the molecule is CCc1c(C(C)C)nc(C(C)C)c(C(C)O)c1-c1ccc(F)cc1O. The Kier molecular flexibility index (Phi) is 5.83. The van der Waals surface area contributed by atoms with E-state index in [4.69, 9.17) is 4.98 Å². The summed E-state index contributed by atoms with van der Waals surface area (Å²) in [6.07, 6.45) is -0.0269. The summed E-state index contributed by atoms with van der Waals surface area (Å²) < 4.78 is 13.5. The van der Waals surface area contributed by atoms with E-state index in [9.17, 15) is 14.6 Å². The molecule has 0 saturated heterocycles. The van der Waals surface area contributed by atoms with Crippen LogP contribution in [0.2, 0.25) is 0 Å². The summed E-state index contributed by atoms with van der Waals surface area (Å²) in [5.74, 6) is -0.279. The molecule has 0 amide bonds. The second kappa shape index (κ2) is 7.52. The first-order chi connectivity index (χ1) is 11.7. The van der Waals surface area contributed by atoms with Crippen LogP contribution in [-0.2, 0) is 6.42 Å². The molecule has 25 heavy (non-hydrogen) atoms. The van der Waals surface area contributed by atoms with Gasteiger partial charge < -0.3 is 10.2 Å². The molecule has 2 aromatic rings. The zero-order valence-corrected chi connectivity index (χ0v) is 15.9. The lowest BCUT2D eigenvalue weighted by atomic mass is 9.84. The van der Waals surface area contributed by atoms with E-state index in [0.29, 0.717) is 12.0 Å². The molecule has 4 heteroatoms. The second-order valence-electron chi connectivity index (χ2n) is 7.15. The van der Waals surface area contributed by atoms with E-state index in [1.54, 1.807) is 13.0 Å². The highest BCUT2D eigenvalue weighted by Crippen LogP contribution is 2.42. The third kappa shape index (κ3) is 3.69. The van der Waals surface area contributed by atoms with E-state index in [1.807, 2.05) is 20.8 Å². The summed E-state index contributed by atoms with van der Waals surface area (Å²) in [7, 11) is 0. The van der Waals surface area contributed by atoms with Gasteiger partial charge in [0.2, 0.25) is 0 Å². The maximum atomic E-state index is 13.5. The van der Waals surface area contributed by atoms with Gasteiger partial charge in [0.25, 0.3) is 0 Å². The highest BCUT2D eigenvalue weighted by molar-refractivity contribution is 5.78. The van der Waals surface area contributed by atoms with Crippen molar-refractivity contribution in [2.75, 3.05) is 0 Å². The van der Waals surface area contributed by atoms with Crippen LogP contribution in [0, 0.1) is 5.82 Å². The van der Waals surface area contributed by atoms with Crippen molar-refractivity contribution in [1.29, 1.82) is 0 Å². The summed E-state index contributed by atoms with van der Waals surface area (Å²) in [5.41, 5.74) is 4.84. The molecule has 1 atom stereocenters. The molecule has 1 aromatic carbocycles. The van der Waals surface area contributed by atoms with Crippen molar-refractivity contribution in [2.45, 2.75) is 65.9 Å². The molecule has 0 aliphatic rings. The lowest BCUT2D eigenvalue weighted by molar-refractivity contribution is 0.197. The van der Waals surface area contributed by atoms with Gasteiger partial charge in [-0.1, -0.05) is 34.6 Å². The van der Waals surface area contributed by atoms with E-state index in [1.165, 1.54) is 6.07 Å². The smallest absolute Gasteiger partial charge is 0.126 e. The van der Waals surface area contributed by atoms with Crippen LogP contribution in [0.15, 0.2) is 18.2 Å². The Labute approximate surface area is 149 Å². The van der Waals surface area contributed by atoms with Crippen LogP contribution in [-0.4, -0.2) is 15.2 Å². The Morgan fingerprint density at radius 3 is 2.08 bits per heavy atom. The summed E-state index contributed by atoms with van der Waals surface area (Å²) in [4.78, 5) is 4.88. The Morgan fingerprint density at radius 1 is 1.04 bits per heavy atom. The number of aliphatic hydroxyl groups excluding tert-OH is 1. The fourth-order valence-corrected chi connectivity index (χ4v) is 3.40. The van der Waals surface area contributed by atoms with Crippen LogP contribution in [0.5, 0.6) is 5.75 Å². The van der Waals surface area contributed by atoms with Gasteiger partial charge in [-0.3, -0.25) is 4.98 Å². The van der Waals surface area contributed by atoms with Crippen molar-refractivity contribution in [2.24, 2.45) is 0 Å². The molecule has 0 radical (unpaired) electrons. The van der Waals surface area contributed by atoms with Crippen molar-refractivity contribution in [3.05, 3.63) is 46.5 Å². The molecule has 2 N–H and O–H groups in total. The third-order valence-electron chi connectivity index (χ3n) is 4.49. The lowest BCUT2D eigenvalue weighted by Gasteiger charge is -2.26. The van der Waals surface area contributed by atoms with E-state index < -0.39 is 11.9 Å². The first-order valence-electron chi connectivity index (χ1n) is 8.92. The molecular weight excluding hydrogens is 317 g/mol. The number of aliphatic hydroxyl groups is 1. The van der Waals surface area contributed by atoms with Crippen molar-refractivity contribution in [3.63, 3.8) is 0 Å². The molecule has 136 valence electrons. The number of pyridine rings is 1. The van der Waals surface area contributed by atoms with Crippen molar-refractivity contribution >= 4 is 0 Å². The second-order valence-corrected chi connectivity index (χ2v) is 7.15. The van der Waals surface area contributed by atoms with Gasteiger partial charge in [-0.2, -0.15) is 0 Å². The summed E-state index contributed by atoms with van der Waals surface area (Å²) in [6, 6.07) is 4.04. The van der Waals surface area contributed by atoms with E-state index in [0.717, 1.165) is 34.1 Å². The summed E-state index contributed by atoms with van der Waals surface area (Å²) in [5, 5.41) is 20.9. The number of phenols is 1. The molecule has 1 heterocycles. The average Bonchev–Trinajstić information content (AvgIpc) is 2.52. The Bertz CT molecular complexity index is 767. The molecule has 0 aliphatic heterocycles. The normalized spacial score (nSPS) is 12.9. The van der Waals surface area contributed by atoms with E-state index >= 15 is 0 Å². The highest BCUT2D eigenvalue weighted by Gasteiger charge is 2.26. The Balaban J connectivity index is 3.00. The standard InChI is InChI=1S/C21H28FNO2/c1-7-15-19(16-9-8-14(22)10-17(16)25)18(13(6)24)21(12(4)5)23-20(15)11(2)3/h8-13,24-25H,7H2,1-6H3. The first-order valence-corrected chi connectivity index (χ1v) is 8.92. The molecule has 2 rings (SSSR count). The zero-order chi connectivity index (χ0) is 18.9. The highest BCUT2D eigenvalue weighted by atomic mass is 19.1. The van der Waals surface area contributed by atoms with E-state index in [-0.39, 0.29) is 17.6 Å². The molecule has 0 saturated carbocycles. The minimum absolute atomic E-state index is 0.118. The summed E-state index contributed by atoms with van der Waals surface area (Å²) in [6.45, 7) is 12.0. The number of hydrogen-bond acceptors (Lipinski definition) is 3. The number of hydrogen-bond donors (Lipinski definition) is 2. The van der Waals surface area contributed by atoms with Crippen LogP contribution >= 0.6 is 0 Å². The number of benzene rings is 1. The van der Waals surface area contributed by atoms with Crippen LogP contribution in [0.1, 0.15) is 82.0 Å². The predicted octanol–water partition coefficient (Wildman–Crippen LogP) is 5.46. The number of aromatic hydroxyl groups is 1. The molecule has 0 fully saturated rings. The van der Waals surface area contributed by atoms with Crippen LogP contribution in [0.4, 0.5) is 4.39 Å².